The number of nitrogens with zero attached hydrogens (tertiary/aromatic N) is 1. The minimum Gasteiger partial charge on any atom is -0.325 e. The Morgan fingerprint density at radius 3 is 2.86 bits per heavy atom. The minimum atomic E-state index is -0.522. The molecule has 0 unspecified atom stereocenters. The average molecular weight is 335 g/mol. The maximum Gasteiger partial charge on any atom is 0.234 e. The Hall–Kier alpha value is -2.03. The zero-order valence-electron chi connectivity index (χ0n) is 11.5. The van der Waals surface area contributed by atoms with Crippen molar-refractivity contribution in [3.8, 4) is 6.07 Å². The zero-order valence-corrected chi connectivity index (χ0v) is 13.0. The van der Waals surface area contributed by atoms with Crippen LogP contribution in [0.15, 0.2) is 42.5 Å². The van der Waals surface area contributed by atoms with Crippen molar-refractivity contribution in [1.82, 2.24) is 0 Å². The second-order valence-corrected chi connectivity index (χ2v) is 5.87. The van der Waals surface area contributed by atoms with Gasteiger partial charge < -0.3 is 5.32 Å². The Bertz CT molecular complexity index is 730. The van der Waals surface area contributed by atoms with Gasteiger partial charge in [0, 0.05) is 11.4 Å². The second kappa shape index (κ2) is 7.83. The third kappa shape index (κ3) is 4.76. The highest BCUT2D eigenvalue weighted by molar-refractivity contribution is 7.99. The van der Waals surface area contributed by atoms with E-state index in [4.69, 9.17) is 16.9 Å². The van der Waals surface area contributed by atoms with Gasteiger partial charge in [-0.1, -0.05) is 23.7 Å². The number of amides is 1. The third-order valence-corrected chi connectivity index (χ3v) is 4.05. The third-order valence-electron chi connectivity index (χ3n) is 2.76. The highest BCUT2D eigenvalue weighted by Crippen LogP contribution is 2.20. The van der Waals surface area contributed by atoms with Crippen LogP contribution in [0.1, 0.15) is 11.1 Å². The molecule has 6 heteroatoms. The fourth-order valence-electron chi connectivity index (χ4n) is 1.76. The molecule has 0 aliphatic heterocycles. The van der Waals surface area contributed by atoms with Crippen LogP contribution in [0.2, 0.25) is 5.02 Å². The summed E-state index contributed by atoms with van der Waals surface area (Å²) in [7, 11) is 0. The summed E-state index contributed by atoms with van der Waals surface area (Å²) >= 11 is 7.08. The van der Waals surface area contributed by atoms with Crippen molar-refractivity contribution in [2.75, 3.05) is 11.1 Å². The lowest BCUT2D eigenvalue weighted by molar-refractivity contribution is -0.113. The van der Waals surface area contributed by atoms with E-state index in [2.05, 4.69) is 11.4 Å². The van der Waals surface area contributed by atoms with E-state index in [-0.39, 0.29) is 16.7 Å². The van der Waals surface area contributed by atoms with Gasteiger partial charge in [0.15, 0.2) is 0 Å². The number of benzene rings is 2. The fraction of sp³-hybridized carbons (Fsp3) is 0.125. The molecule has 3 nitrogen and oxygen atoms in total. The minimum absolute atomic E-state index is 0.0289. The molecule has 112 valence electrons. The largest absolute Gasteiger partial charge is 0.325 e. The number of nitrogens with one attached hydrogen (secondary N) is 1. The topological polar surface area (TPSA) is 52.9 Å². The number of halogens is 2. The van der Waals surface area contributed by atoms with E-state index >= 15 is 0 Å². The fourth-order valence-corrected chi connectivity index (χ4v) is 2.72. The number of hydrogen-bond donors (Lipinski definition) is 1. The van der Waals surface area contributed by atoms with Gasteiger partial charge in [0.1, 0.15) is 5.82 Å². The van der Waals surface area contributed by atoms with Crippen LogP contribution in [0, 0.1) is 17.1 Å². The summed E-state index contributed by atoms with van der Waals surface area (Å²) in [5, 5.41) is 11.4. The van der Waals surface area contributed by atoms with Crippen LogP contribution in [-0.4, -0.2) is 11.7 Å². The van der Waals surface area contributed by atoms with Crippen molar-refractivity contribution < 1.29 is 9.18 Å². The zero-order chi connectivity index (χ0) is 15.9. The van der Waals surface area contributed by atoms with Gasteiger partial charge in [-0.2, -0.15) is 5.26 Å². The molecular weight excluding hydrogens is 323 g/mol. The number of nitriles is 1. The van der Waals surface area contributed by atoms with E-state index in [0.717, 1.165) is 5.56 Å². The number of thioether (sulfide) groups is 1. The Balaban J connectivity index is 1.82. The summed E-state index contributed by atoms with van der Waals surface area (Å²) in [6.45, 7) is 0. The summed E-state index contributed by atoms with van der Waals surface area (Å²) in [5.41, 5.74) is 2.05. The van der Waals surface area contributed by atoms with E-state index in [1.54, 1.807) is 12.1 Å². The quantitative estimate of drug-likeness (QED) is 0.890. The van der Waals surface area contributed by atoms with E-state index < -0.39 is 5.82 Å². The smallest absolute Gasteiger partial charge is 0.234 e. The second-order valence-electron chi connectivity index (χ2n) is 4.48. The summed E-state index contributed by atoms with van der Waals surface area (Å²) in [5.74, 6) is 0.175. The molecule has 0 heterocycles. The Morgan fingerprint density at radius 2 is 2.14 bits per heavy atom. The summed E-state index contributed by atoms with van der Waals surface area (Å²) in [6.07, 6.45) is 0. The van der Waals surface area contributed by atoms with Crippen molar-refractivity contribution in [2.24, 2.45) is 0 Å². The number of carbonyl (C=O) groups is 1. The van der Waals surface area contributed by atoms with Gasteiger partial charge in [0.2, 0.25) is 5.91 Å². The first-order valence-electron chi connectivity index (χ1n) is 6.40. The number of hydrogen-bond acceptors (Lipinski definition) is 3. The Kier molecular flexibility index (Phi) is 5.82. The van der Waals surface area contributed by atoms with Gasteiger partial charge in [0.25, 0.3) is 0 Å². The van der Waals surface area contributed by atoms with Gasteiger partial charge in [-0.05, 0) is 35.9 Å². The predicted octanol–water partition coefficient (Wildman–Crippen LogP) is 4.22. The van der Waals surface area contributed by atoms with E-state index in [0.29, 0.717) is 17.0 Å². The molecule has 0 atom stereocenters. The molecule has 0 spiro atoms. The molecule has 1 amide bonds. The van der Waals surface area contributed by atoms with Crippen molar-refractivity contribution in [1.29, 1.82) is 5.26 Å². The van der Waals surface area contributed by atoms with Gasteiger partial charge in [-0.15, -0.1) is 11.8 Å². The van der Waals surface area contributed by atoms with Gasteiger partial charge in [0.05, 0.1) is 22.4 Å². The first-order valence-corrected chi connectivity index (χ1v) is 7.93. The number of anilines is 1. The molecule has 2 rings (SSSR count). The molecule has 0 fully saturated rings. The van der Waals surface area contributed by atoms with Crippen LogP contribution in [0.5, 0.6) is 0 Å². The summed E-state index contributed by atoms with van der Waals surface area (Å²) in [6, 6.07) is 13.4. The molecule has 0 saturated heterocycles. The first-order chi connectivity index (χ1) is 10.6. The molecule has 0 aliphatic carbocycles. The lowest BCUT2D eigenvalue weighted by Crippen LogP contribution is -2.14. The predicted molar refractivity (Wildman–Crippen MR) is 87.4 cm³/mol. The number of rotatable bonds is 5. The van der Waals surface area contributed by atoms with Crippen LogP contribution >= 0.6 is 23.4 Å². The van der Waals surface area contributed by atoms with Crippen LogP contribution in [0.4, 0.5) is 10.1 Å². The standard InChI is InChI=1S/C16H12ClFN2OS/c17-14-7-13(4-5-15(14)18)20-16(21)10-22-9-12-3-1-2-11(6-12)8-19/h1-7H,9-10H2,(H,20,21). The lowest BCUT2D eigenvalue weighted by atomic mass is 10.2. The molecule has 0 aliphatic rings. The molecule has 0 radical (unpaired) electrons. The molecule has 0 saturated carbocycles. The normalized spacial score (nSPS) is 10.0. The van der Waals surface area contributed by atoms with Crippen molar-refractivity contribution in [2.45, 2.75) is 5.75 Å². The van der Waals surface area contributed by atoms with Crippen LogP contribution < -0.4 is 5.32 Å². The van der Waals surface area contributed by atoms with Crippen molar-refractivity contribution in [3.63, 3.8) is 0 Å². The molecule has 22 heavy (non-hydrogen) atoms. The maximum atomic E-state index is 13.0. The number of carbonyl (C=O) groups excluding carboxylic acids is 1. The molecule has 2 aromatic carbocycles. The molecular formula is C16H12ClFN2OS. The SMILES string of the molecule is N#Cc1cccc(CSCC(=O)Nc2ccc(F)c(Cl)c2)c1. The van der Waals surface area contributed by atoms with Gasteiger partial charge in [-0.3, -0.25) is 4.79 Å². The lowest BCUT2D eigenvalue weighted by Gasteiger charge is -2.06. The maximum absolute atomic E-state index is 13.0. The van der Waals surface area contributed by atoms with E-state index in [9.17, 15) is 9.18 Å². The first kappa shape index (κ1) is 16.3. The Labute approximate surface area is 137 Å². The van der Waals surface area contributed by atoms with E-state index in [1.807, 2.05) is 12.1 Å². The van der Waals surface area contributed by atoms with Crippen molar-refractivity contribution in [3.05, 3.63) is 64.4 Å². The van der Waals surface area contributed by atoms with E-state index in [1.165, 1.54) is 30.0 Å². The monoisotopic (exact) mass is 334 g/mol. The summed E-state index contributed by atoms with van der Waals surface area (Å²) < 4.78 is 13.0. The molecule has 1 N–H and O–H groups in total. The average Bonchev–Trinajstić information content (AvgIpc) is 2.51. The van der Waals surface area contributed by atoms with Gasteiger partial charge in [-0.25, -0.2) is 4.39 Å². The highest BCUT2D eigenvalue weighted by Gasteiger charge is 2.06. The Morgan fingerprint density at radius 1 is 1.32 bits per heavy atom. The summed E-state index contributed by atoms with van der Waals surface area (Å²) in [4.78, 5) is 11.8. The van der Waals surface area contributed by atoms with Crippen LogP contribution in [0.25, 0.3) is 0 Å². The van der Waals surface area contributed by atoms with Crippen molar-refractivity contribution >= 4 is 35.0 Å². The molecule has 0 aromatic heterocycles. The highest BCUT2D eigenvalue weighted by atomic mass is 35.5. The van der Waals surface area contributed by atoms with Crippen LogP contribution in [-0.2, 0) is 10.5 Å². The van der Waals surface area contributed by atoms with Crippen LogP contribution in [0.3, 0.4) is 0 Å². The van der Waals surface area contributed by atoms with Gasteiger partial charge >= 0.3 is 0 Å². The molecule has 0 bridgehead atoms. The molecule has 2 aromatic rings.